The van der Waals surface area contributed by atoms with E-state index in [0.717, 1.165) is 43.0 Å². The minimum Gasteiger partial charge on any atom is -0.370 e. The molecule has 5 heteroatoms. The van der Waals surface area contributed by atoms with Crippen LogP contribution in [0.2, 0.25) is 0 Å². The zero-order valence-electron chi connectivity index (χ0n) is 10.6. The molecule has 1 atom stereocenters. The molecule has 2 nitrogen and oxygen atoms in total. The quantitative estimate of drug-likeness (QED) is 0.844. The molecule has 104 valence electrons. The molecule has 0 fully saturated rings. The van der Waals surface area contributed by atoms with Gasteiger partial charge in [-0.05, 0) is 23.5 Å². The van der Waals surface area contributed by atoms with Gasteiger partial charge in [-0.25, -0.2) is 0 Å². The van der Waals surface area contributed by atoms with E-state index in [2.05, 4.69) is 10.2 Å². The normalized spacial score (nSPS) is 22.9. The van der Waals surface area contributed by atoms with Gasteiger partial charge in [0.15, 0.2) is 0 Å². The van der Waals surface area contributed by atoms with Crippen molar-refractivity contribution >= 4 is 5.69 Å². The monoisotopic (exact) mass is 270 g/mol. The molecular weight excluding hydrogens is 253 g/mol. The van der Waals surface area contributed by atoms with Crippen LogP contribution in [0.3, 0.4) is 0 Å². The fraction of sp³-hybridized carbons (Fsp3) is 0.571. The lowest BCUT2D eigenvalue weighted by molar-refractivity contribution is -0.139. The number of nitrogens with zero attached hydrogens (tertiary/aromatic N) is 1. The van der Waals surface area contributed by atoms with E-state index >= 15 is 0 Å². The molecule has 0 amide bonds. The van der Waals surface area contributed by atoms with Crippen molar-refractivity contribution in [3.63, 3.8) is 0 Å². The second kappa shape index (κ2) is 4.71. The molecule has 1 N–H and O–H groups in total. The van der Waals surface area contributed by atoms with Crippen LogP contribution in [0.1, 0.15) is 29.9 Å². The van der Waals surface area contributed by atoms with Gasteiger partial charge in [-0.15, -0.1) is 0 Å². The molecule has 1 aromatic rings. The fourth-order valence-electron chi connectivity index (χ4n) is 3.20. The first-order valence-corrected chi connectivity index (χ1v) is 6.69. The number of halogens is 3. The SMILES string of the molecule is FC(F)(F)CC1CCN2CCNCc3cccc1c32. The molecule has 2 aliphatic heterocycles. The number of anilines is 1. The third-order valence-electron chi connectivity index (χ3n) is 4.01. The van der Waals surface area contributed by atoms with E-state index in [0.29, 0.717) is 6.42 Å². The predicted molar refractivity (Wildman–Crippen MR) is 68.4 cm³/mol. The molecule has 0 saturated heterocycles. The maximum absolute atomic E-state index is 12.7. The Hall–Kier alpha value is -1.23. The lowest BCUT2D eigenvalue weighted by Gasteiger charge is -2.36. The van der Waals surface area contributed by atoms with Crippen molar-refractivity contribution in [3.8, 4) is 0 Å². The number of hydrogen-bond acceptors (Lipinski definition) is 2. The first-order chi connectivity index (χ1) is 9.04. The fourth-order valence-corrected chi connectivity index (χ4v) is 3.20. The van der Waals surface area contributed by atoms with Gasteiger partial charge in [-0.1, -0.05) is 18.2 Å². The Morgan fingerprint density at radius 2 is 2.11 bits per heavy atom. The third kappa shape index (κ3) is 2.56. The van der Waals surface area contributed by atoms with E-state index in [-0.39, 0.29) is 5.92 Å². The Balaban J connectivity index is 1.99. The smallest absolute Gasteiger partial charge is 0.370 e. The van der Waals surface area contributed by atoms with Gasteiger partial charge >= 0.3 is 6.18 Å². The van der Waals surface area contributed by atoms with E-state index in [4.69, 9.17) is 0 Å². The molecule has 19 heavy (non-hydrogen) atoms. The summed E-state index contributed by atoms with van der Waals surface area (Å²) in [6.07, 6.45) is -4.20. The highest BCUT2D eigenvalue weighted by atomic mass is 19.4. The Kier molecular flexibility index (Phi) is 3.17. The van der Waals surface area contributed by atoms with Gasteiger partial charge < -0.3 is 10.2 Å². The van der Waals surface area contributed by atoms with Gasteiger partial charge in [0.1, 0.15) is 0 Å². The highest BCUT2D eigenvalue weighted by molar-refractivity contribution is 5.63. The molecule has 0 spiro atoms. The van der Waals surface area contributed by atoms with Crippen LogP contribution in [0, 0.1) is 0 Å². The zero-order chi connectivity index (χ0) is 13.5. The van der Waals surface area contributed by atoms with Crippen LogP contribution in [0.25, 0.3) is 0 Å². The summed E-state index contributed by atoms with van der Waals surface area (Å²) in [5.74, 6) is -0.385. The molecule has 2 heterocycles. The van der Waals surface area contributed by atoms with E-state index in [9.17, 15) is 13.2 Å². The third-order valence-corrected chi connectivity index (χ3v) is 4.01. The highest BCUT2D eigenvalue weighted by Gasteiger charge is 2.36. The number of alkyl halides is 3. The standard InChI is InChI=1S/C14H17F3N2/c15-14(16,17)8-10-4-6-19-7-5-18-9-11-2-1-3-12(10)13(11)19/h1-3,10,18H,4-9H2. The molecule has 1 aromatic carbocycles. The van der Waals surface area contributed by atoms with Gasteiger partial charge in [-0.3, -0.25) is 0 Å². The average Bonchev–Trinajstić information content (AvgIpc) is 2.55. The number of rotatable bonds is 1. The van der Waals surface area contributed by atoms with Gasteiger partial charge in [0.05, 0.1) is 6.42 Å². The van der Waals surface area contributed by atoms with Crippen molar-refractivity contribution in [1.82, 2.24) is 5.32 Å². The number of hydrogen-bond donors (Lipinski definition) is 1. The lowest BCUT2D eigenvalue weighted by Crippen LogP contribution is -2.35. The average molecular weight is 270 g/mol. The molecule has 0 bridgehead atoms. The van der Waals surface area contributed by atoms with Crippen molar-refractivity contribution in [2.75, 3.05) is 24.5 Å². The van der Waals surface area contributed by atoms with Crippen molar-refractivity contribution in [2.24, 2.45) is 0 Å². The predicted octanol–water partition coefficient (Wildman–Crippen LogP) is 3.04. The van der Waals surface area contributed by atoms with Crippen LogP contribution in [-0.2, 0) is 6.54 Å². The Labute approximate surface area is 110 Å². The Bertz CT molecular complexity index is 470. The molecule has 1 unspecified atom stereocenters. The largest absolute Gasteiger partial charge is 0.389 e. The van der Waals surface area contributed by atoms with Crippen molar-refractivity contribution in [3.05, 3.63) is 29.3 Å². The number of nitrogens with one attached hydrogen (secondary N) is 1. The van der Waals surface area contributed by atoms with Crippen molar-refractivity contribution in [1.29, 1.82) is 0 Å². The Morgan fingerprint density at radius 3 is 2.89 bits per heavy atom. The molecule has 0 radical (unpaired) electrons. The van der Waals surface area contributed by atoms with E-state index in [1.165, 1.54) is 0 Å². The molecular formula is C14H17F3N2. The Morgan fingerprint density at radius 1 is 1.26 bits per heavy atom. The summed E-state index contributed by atoms with van der Waals surface area (Å²) in [6.45, 7) is 3.24. The van der Waals surface area contributed by atoms with Crippen LogP contribution in [0.5, 0.6) is 0 Å². The van der Waals surface area contributed by atoms with E-state index in [1.54, 1.807) is 0 Å². The maximum Gasteiger partial charge on any atom is 0.389 e. The summed E-state index contributed by atoms with van der Waals surface area (Å²) in [6, 6.07) is 5.76. The second-order valence-electron chi connectivity index (χ2n) is 5.32. The first kappa shape index (κ1) is 12.8. The van der Waals surface area contributed by atoms with Crippen LogP contribution >= 0.6 is 0 Å². The molecule has 0 aliphatic carbocycles. The molecule has 3 rings (SSSR count). The van der Waals surface area contributed by atoms with Crippen LogP contribution in [-0.4, -0.2) is 25.8 Å². The number of benzene rings is 1. The number of para-hydroxylation sites is 1. The summed E-state index contributed by atoms with van der Waals surface area (Å²) in [4.78, 5) is 2.23. The second-order valence-corrected chi connectivity index (χ2v) is 5.32. The maximum atomic E-state index is 12.7. The van der Waals surface area contributed by atoms with Gasteiger partial charge in [0, 0.05) is 31.9 Å². The van der Waals surface area contributed by atoms with Crippen molar-refractivity contribution in [2.45, 2.75) is 31.5 Å². The van der Waals surface area contributed by atoms with E-state index in [1.807, 2.05) is 18.2 Å². The molecule has 0 aromatic heterocycles. The van der Waals surface area contributed by atoms with Crippen LogP contribution in [0.4, 0.5) is 18.9 Å². The highest BCUT2D eigenvalue weighted by Crippen LogP contribution is 2.43. The summed E-state index contributed by atoms with van der Waals surface area (Å²) in [7, 11) is 0. The molecule has 0 saturated carbocycles. The van der Waals surface area contributed by atoms with E-state index < -0.39 is 12.6 Å². The van der Waals surface area contributed by atoms with Gasteiger partial charge in [0.2, 0.25) is 0 Å². The summed E-state index contributed by atoms with van der Waals surface area (Å²) >= 11 is 0. The minimum absolute atomic E-state index is 0.385. The van der Waals surface area contributed by atoms with Crippen LogP contribution in [0.15, 0.2) is 18.2 Å². The lowest BCUT2D eigenvalue weighted by atomic mass is 9.85. The zero-order valence-corrected chi connectivity index (χ0v) is 10.6. The topological polar surface area (TPSA) is 15.3 Å². The van der Waals surface area contributed by atoms with Crippen molar-refractivity contribution < 1.29 is 13.2 Å². The van der Waals surface area contributed by atoms with Crippen LogP contribution < -0.4 is 10.2 Å². The minimum atomic E-state index is -4.08. The van der Waals surface area contributed by atoms with Gasteiger partial charge in [-0.2, -0.15) is 13.2 Å². The first-order valence-electron chi connectivity index (χ1n) is 6.69. The molecule has 2 aliphatic rings. The van der Waals surface area contributed by atoms with Gasteiger partial charge in [0.25, 0.3) is 0 Å². The summed E-state index contributed by atoms with van der Waals surface area (Å²) < 4.78 is 38.0. The summed E-state index contributed by atoms with van der Waals surface area (Å²) in [5.41, 5.74) is 3.06. The summed E-state index contributed by atoms with van der Waals surface area (Å²) in [5, 5.41) is 3.32.